The third-order valence-corrected chi connectivity index (χ3v) is 7.09. The highest BCUT2D eigenvalue weighted by Crippen LogP contribution is 2.09. The third kappa shape index (κ3) is 30.8. The molecule has 12 nitrogen and oxygen atoms in total. The van der Waals surface area contributed by atoms with Crippen molar-refractivity contribution in [2.45, 2.75) is 70.6 Å². The highest BCUT2D eigenvalue weighted by atomic mass is 35.5. The number of ether oxygens (including phenoxy) is 6. The molecule has 0 spiro atoms. The van der Waals surface area contributed by atoms with Gasteiger partial charge >= 0.3 is 0 Å². The van der Waals surface area contributed by atoms with E-state index in [4.69, 9.17) is 40.0 Å². The van der Waals surface area contributed by atoms with Gasteiger partial charge in [-0.3, -0.25) is 14.4 Å². The minimum atomic E-state index is -0.174. The molecule has 0 atom stereocenters. The van der Waals surface area contributed by atoms with Crippen LogP contribution in [0.1, 0.15) is 70.6 Å². The Labute approximate surface area is 292 Å². The van der Waals surface area contributed by atoms with Crippen LogP contribution in [-0.2, 0) is 38.1 Å². The van der Waals surface area contributed by atoms with E-state index in [0.29, 0.717) is 104 Å². The molecule has 0 aliphatic rings. The fourth-order valence-electron chi connectivity index (χ4n) is 4.17. The lowest BCUT2D eigenvalue weighted by Crippen LogP contribution is -2.30. The van der Waals surface area contributed by atoms with Gasteiger partial charge in [0.05, 0.1) is 52.9 Å². The quantitative estimate of drug-likeness (QED) is 0.0707. The first-order valence-electron chi connectivity index (χ1n) is 17.5. The van der Waals surface area contributed by atoms with Gasteiger partial charge < -0.3 is 44.4 Å². The molecule has 1 aromatic carbocycles. The van der Waals surface area contributed by atoms with Gasteiger partial charge in [0.1, 0.15) is 5.75 Å². The number of carbonyl (C=O) groups is 3. The molecule has 276 valence electrons. The van der Waals surface area contributed by atoms with Crippen molar-refractivity contribution in [3.05, 3.63) is 30.3 Å². The van der Waals surface area contributed by atoms with Gasteiger partial charge in [0.25, 0.3) is 0 Å². The first-order chi connectivity index (χ1) is 23.6. The maximum Gasteiger partial charge on any atom is 0.220 e. The van der Waals surface area contributed by atoms with Crippen molar-refractivity contribution in [1.82, 2.24) is 16.0 Å². The summed E-state index contributed by atoms with van der Waals surface area (Å²) in [6.45, 7) is 7.21. The van der Waals surface area contributed by atoms with Crippen molar-refractivity contribution < 1.29 is 42.8 Å². The molecule has 0 aliphatic heterocycles. The third-order valence-electron chi connectivity index (χ3n) is 6.82. The summed E-state index contributed by atoms with van der Waals surface area (Å²) in [4.78, 5) is 35.7. The zero-order valence-electron chi connectivity index (χ0n) is 28.8. The molecule has 0 fully saturated rings. The van der Waals surface area contributed by atoms with Gasteiger partial charge in [0.2, 0.25) is 17.7 Å². The monoisotopic (exact) mass is 701 g/mol. The van der Waals surface area contributed by atoms with Crippen molar-refractivity contribution in [3.8, 4) is 5.75 Å². The molecule has 0 saturated heterocycles. The van der Waals surface area contributed by atoms with E-state index in [2.05, 4.69) is 16.0 Å². The minimum Gasteiger partial charge on any atom is -0.494 e. The van der Waals surface area contributed by atoms with Gasteiger partial charge in [-0.15, -0.1) is 11.6 Å². The van der Waals surface area contributed by atoms with Crippen LogP contribution in [0.15, 0.2) is 30.3 Å². The van der Waals surface area contributed by atoms with Gasteiger partial charge in [-0.1, -0.05) is 31.0 Å². The van der Waals surface area contributed by atoms with Gasteiger partial charge in [0, 0.05) is 64.6 Å². The Kier molecular flexibility index (Phi) is 31.2. The summed E-state index contributed by atoms with van der Waals surface area (Å²) in [5, 5.41) is 8.46. The van der Waals surface area contributed by atoms with Crippen molar-refractivity contribution >= 4 is 29.3 Å². The van der Waals surface area contributed by atoms with Crippen LogP contribution in [0.25, 0.3) is 0 Å². The zero-order chi connectivity index (χ0) is 34.6. The van der Waals surface area contributed by atoms with Crippen LogP contribution >= 0.6 is 11.6 Å². The van der Waals surface area contributed by atoms with Crippen molar-refractivity contribution in [1.29, 1.82) is 0 Å². The fourth-order valence-corrected chi connectivity index (χ4v) is 4.36. The summed E-state index contributed by atoms with van der Waals surface area (Å²) in [6, 6.07) is 9.66. The number of halogens is 1. The fraction of sp³-hybridized carbons (Fsp3) is 0.743. The maximum atomic E-state index is 11.9. The average Bonchev–Trinajstić information content (AvgIpc) is 3.09. The molecule has 0 unspecified atom stereocenters. The highest BCUT2D eigenvalue weighted by Gasteiger charge is 2.06. The molecule has 3 N–H and O–H groups in total. The van der Waals surface area contributed by atoms with Gasteiger partial charge in [-0.05, 0) is 50.7 Å². The van der Waals surface area contributed by atoms with Crippen LogP contribution in [0.3, 0.4) is 0 Å². The summed E-state index contributed by atoms with van der Waals surface area (Å²) >= 11 is 5.65. The molecule has 0 heterocycles. The van der Waals surface area contributed by atoms with E-state index in [1.54, 1.807) is 0 Å². The molecule has 0 aromatic heterocycles. The topological polar surface area (TPSA) is 143 Å². The van der Waals surface area contributed by atoms with Crippen molar-refractivity contribution in [2.24, 2.45) is 0 Å². The van der Waals surface area contributed by atoms with Crippen molar-refractivity contribution in [3.63, 3.8) is 0 Å². The first kappa shape index (κ1) is 43.5. The number of alkyl halides is 1. The predicted octanol–water partition coefficient (Wildman–Crippen LogP) is 4.03. The standard InChI is InChI=1S/C35H60ClN3O9/c36-17-7-1-2-8-21-43-26-29-46-25-20-39-35(42)16-15-34(41)38-19-11-23-45-28-31-47-30-27-44-22-10-18-37-33(40)14-6-9-24-48-32-12-4-3-5-13-32/h3-5,12-13H,1-2,6-11,14-31H2,(H,37,40)(H,38,41)(H,39,42). The second-order valence-corrected chi connectivity index (χ2v) is 11.4. The Morgan fingerprint density at radius 3 is 1.50 bits per heavy atom. The lowest BCUT2D eigenvalue weighted by molar-refractivity contribution is -0.126. The smallest absolute Gasteiger partial charge is 0.220 e. The molecule has 1 rings (SSSR count). The Morgan fingerprint density at radius 1 is 0.458 bits per heavy atom. The van der Waals surface area contributed by atoms with Crippen LogP contribution < -0.4 is 20.7 Å². The second-order valence-electron chi connectivity index (χ2n) is 11.0. The van der Waals surface area contributed by atoms with E-state index in [9.17, 15) is 14.4 Å². The molecule has 0 saturated carbocycles. The molecule has 0 radical (unpaired) electrons. The van der Waals surface area contributed by atoms with Crippen molar-refractivity contribution in [2.75, 3.05) is 98.2 Å². The van der Waals surface area contributed by atoms with E-state index < -0.39 is 0 Å². The lowest BCUT2D eigenvalue weighted by Gasteiger charge is -2.09. The number of para-hydroxylation sites is 1. The average molecular weight is 702 g/mol. The number of hydrogen-bond donors (Lipinski definition) is 3. The normalized spacial score (nSPS) is 10.9. The maximum absolute atomic E-state index is 11.9. The number of carbonyl (C=O) groups excluding carboxylic acids is 3. The Morgan fingerprint density at radius 2 is 0.917 bits per heavy atom. The minimum absolute atomic E-state index is 0.0520. The molecule has 48 heavy (non-hydrogen) atoms. The number of benzene rings is 1. The van der Waals surface area contributed by atoms with E-state index in [0.717, 1.165) is 57.3 Å². The second kappa shape index (κ2) is 34.4. The summed E-state index contributed by atoms with van der Waals surface area (Å²) in [6.07, 6.45) is 8.17. The van der Waals surface area contributed by atoms with Crippen LogP contribution in [0.4, 0.5) is 0 Å². The van der Waals surface area contributed by atoms with Gasteiger partial charge in [-0.25, -0.2) is 0 Å². The summed E-state index contributed by atoms with van der Waals surface area (Å²) in [5.41, 5.74) is 0. The molecule has 13 heteroatoms. The van der Waals surface area contributed by atoms with E-state index in [1.807, 2.05) is 30.3 Å². The molecule has 0 aliphatic carbocycles. The summed E-state index contributed by atoms with van der Waals surface area (Å²) < 4.78 is 33.1. The SMILES string of the molecule is O=C(CCCCOc1ccccc1)NCCCOCCOCCOCCCNC(=O)CCC(=O)NCCOCCOCCCCCCCl. The number of unbranched alkanes of at least 4 members (excludes halogenated alkanes) is 4. The van der Waals surface area contributed by atoms with Gasteiger partial charge in [0.15, 0.2) is 0 Å². The summed E-state index contributed by atoms with van der Waals surface area (Å²) in [5.74, 6) is 1.29. The first-order valence-corrected chi connectivity index (χ1v) is 18.1. The Balaban J connectivity index is 1.74. The number of amides is 3. The van der Waals surface area contributed by atoms with Crippen LogP contribution in [0.2, 0.25) is 0 Å². The van der Waals surface area contributed by atoms with E-state index in [-0.39, 0.29) is 30.6 Å². The predicted molar refractivity (Wildman–Crippen MR) is 187 cm³/mol. The Bertz CT molecular complexity index is 899. The summed E-state index contributed by atoms with van der Waals surface area (Å²) in [7, 11) is 0. The number of hydrogen-bond acceptors (Lipinski definition) is 9. The van der Waals surface area contributed by atoms with E-state index in [1.165, 1.54) is 0 Å². The van der Waals surface area contributed by atoms with Crippen LogP contribution in [0.5, 0.6) is 5.75 Å². The largest absolute Gasteiger partial charge is 0.494 e. The number of nitrogens with one attached hydrogen (secondary N) is 3. The van der Waals surface area contributed by atoms with Gasteiger partial charge in [-0.2, -0.15) is 0 Å². The van der Waals surface area contributed by atoms with Crippen LogP contribution in [-0.4, -0.2) is 116 Å². The lowest BCUT2D eigenvalue weighted by atomic mass is 10.2. The molecule has 1 aromatic rings. The zero-order valence-corrected chi connectivity index (χ0v) is 29.6. The molecular weight excluding hydrogens is 642 g/mol. The highest BCUT2D eigenvalue weighted by molar-refractivity contribution is 6.17. The molecule has 0 bridgehead atoms. The van der Waals surface area contributed by atoms with Crippen LogP contribution in [0, 0.1) is 0 Å². The molecule has 3 amide bonds. The molecular formula is C35H60ClN3O9. The number of rotatable bonds is 35. The Hall–Kier alpha value is -2.48. The van der Waals surface area contributed by atoms with E-state index >= 15 is 0 Å².